The molecule has 106 valence electrons. The summed E-state index contributed by atoms with van der Waals surface area (Å²) in [6, 6.07) is 13.0. The van der Waals surface area contributed by atoms with Crippen LogP contribution in [-0.2, 0) is 0 Å². The van der Waals surface area contributed by atoms with Crippen molar-refractivity contribution < 1.29 is 9.72 Å². The number of nitro benzene ring substituents is 1. The molecule has 0 unspecified atom stereocenters. The van der Waals surface area contributed by atoms with Crippen molar-refractivity contribution in [2.75, 3.05) is 0 Å². The van der Waals surface area contributed by atoms with Crippen LogP contribution in [-0.4, -0.2) is 17.0 Å². The van der Waals surface area contributed by atoms with Crippen LogP contribution < -0.4 is 5.43 Å². The van der Waals surface area contributed by atoms with Gasteiger partial charge in [-0.15, -0.1) is 0 Å². The van der Waals surface area contributed by atoms with E-state index in [-0.39, 0.29) is 5.69 Å². The van der Waals surface area contributed by atoms with Gasteiger partial charge in [-0.25, -0.2) is 5.43 Å². The highest BCUT2D eigenvalue weighted by atomic mass is 16.6. The molecule has 0 saturated heterocycles. The van der Waals surface area contributed by atoms with Crippen molar-refractivity contribution in [1.82, 2.24) is 5.43 Å². The number of aryl methyl sites for hydroxylation is 1. The van der Waals surface area contributed by atoms with E-state index in [2.05, 4.69) is 10.5 Å². The molecule has 0 atom stereocenters. The number of hydrogen-bond acceptors (Lipinski definition) is 4. The van der Waals surface area contributed by atoms with E-state index in [0.717, 1.165) is 11.1 Å². The van der Waals surface area contributed by atoms with Crippen LogP contribution >= 0.6 is 0 Å². The summed E-state index contributed by atoms with van der Waals surface area (Å²) < 4.78 is 0. The van der Waals surface area contributed by atoms with Crippen LogP contribution in [0.25, 0.3) is 0 Å². The monoisotopic (exact) mass is 283 g/mol. The van der Waals surface area contributed by atoms with Crippen LogP contribution in [0.5, 0.6) is 0 Å². The molecule has 6 nitrogen and oxygen atoms in total. The molecule has 0 spiro atoms. The van der Waals surface area contributed by atoms with E-state index in [1.54, 1.807) is 6.21 Å². The van der Waals surface area contributed by atoms with Gasteiger partial charge in [0.2, 0.25) is 0 Å². The quantitative estimate of drug-likeness (QED) is 0.532. The molecule has 0 aliphatic carbocycles. The lowest BCUT2D eigenvalue weighted by atomic mass is 10.1. The van der Waals surface area contributed by atoms with Gasteiger partial charge in [0.25, 0.3) is 11.6 Å². The van der Waals surface area contributed by atoms with Crippen LogP contribution in [0.1, 0.15) is 21.5 Å². The fourth-order valence-corrected chi connectivity index (χ4v) is 1.69. The van der Waals surface area contributed by atoms with Crippen molar-refractivity contribution in [3.8, 4) is 0 Å². The lowest BCUT2D eigenvalue weighted by Crippen LogP contribution is -2.17. The summed E-state index contributed by atoms with van der Waals surface area (Å²) in [6.07, 6.45) is 1.55. The Morgan fingerprint density at radius 3 is 2.48 bits per heavy atom. The summed E-state index contributed by atoms with van der Waals surface area (Å²) in [4.78, 5) is 21.8. The number of hydrogen-bond donors (Lipinski definition) is 1. The highest BCUT2D eigenvalue weighted by Gasteiger charge is 2.08. The summed E-state index contributed by atoms with van der Waals surface area (Å²) >= 11 is 0. The lowest BCUT2D eigenvalue weighted by Gasteiger charge is -2.00. The Kier molecular flexibility index (Phi) is 4.40. The van der Waals surface area contributed by atoms with Gasteiger partial charge >= 0.3 is 0 Å². The van der Waals surface area contributed by atoms with Crippen LogP contribution in [0.4, 0.5) is 5.69 Å². The van der Waals surface area contributed by atoms with Crippen molar-refractivity contribution in [2.45, 2.75) is 6.92 Å². The number of hydrazone groups is 1. The van der Waals surface area contributed by atoms with Gasteiger partial charge in [0.05, 0.1) is 11.1 Å². The molecule has 1 amide bonds. The number of nitro groups is 1. The molecule has 0 saturated carbocycles. The SMILES string of the molecule is Cc1ccccc1/C=N/NC(=O)c1ccc([N+](=O)[O-])cc1. The van der Waals surface area contributed by atoms with Crippen molar-refractivity contribution in [2.24, 2.45) is 5.10 Å². The molecule has 0 heterocycles. The highest BCUT2D eigenvalue weighted by Crippen LogP contribution is 2.11. The van der Waals surface area contributed by atoms with Crippen molar-refractivity contribution in [3.05, 3.63) is 75.3 Å². The topological polar surface area (TPSA) is 84.6 Å². The average Bonchev–Trinajstić information content (AvgIpc) is 2.49. The van der Waals surface area contributed by atoms with E-state index < -0.39 is 10.8 Å². The van der Waals surface area contributed by atoms with E-state index in [9.17, 15) is 14.9 Å². The third kappa shape index (κ3) is 3.73. The molecule has 6 heteroatoms. The Bertz CT molecular complexity index is 694. The third-order valence-corrected chi connectivity index (χ3v) is 2.90. The highest BCUT2D eigenvalue weighted by molar-refractivity contribution is 5.95. The average molecular weight is 283 g/mol. The van der Waals surface area contributed by atoms with Crippen LogP contribution in [0.3, 0.4) is 0 Å². The molecule has 21 heavy (non-hydrogen) atoms. The Balaban J connectivity index is 2.02. The van der Waals surface area contributed by atoms with E-state index in [1.807, 2.05) is 31.2 Å². The molecule has 0 fully saturated rings. The maximum Gasteiger partial charge on any atom is 0.271 e. The van der Waals surface area contributed by atoms with Gasteiger partial charge in [-0.2, -0.15) is 5.10 Å². The minimum Gasteiger partial charge on any atom is -0.267 e. The van der Waals surface area contributed by atoms with Gasteiger partial charge < -0.3 is 0 Å². The first-order valence-electron chi connectivity index (χ1n) is 6.21. The Hall–Kier alpha value is -3.02. The Morgan fingerprint density at radius 1 is 1.19 bits per heavy atom. The predicted molar refractivity (Wildman–Crippen MR) is 79.3 cm³/mol. The van der Waals surface area contributed by atoms with Crippen molar-refractivity contribution in [1.29, 1.82) is 0 Å². The lowest BCUT2D eigenvalue weighted by molar-refractivity contribution is -0.384. The summed E-state index contributed by atoms with van der Waals surface area (Å²) in [7, 11) is 0. The molecule has 2 aromatic carbocycles. The number of carbonyl (C=O) groups is 1. The number of carbonyl (C=O) groups excluding carboxylic acids is 1. The molecule has 2 rings (SSSR count). The second-order valence-electron chi connectivity index (χ2n) is 4.36. The predicted octanol–water partition coefficient (Wildman–Crippen LogP) is 2.67. The standard InChI is InChI=1S/C15H13N3O3/c1-11-4-2-3-5-13(11)10-16-17-15(19)12-6-8-14(9-7-12)18(20)21/h2-10H,1H3,(H,17,19)/b16-10+. The third-order valence-electron chi connectivity index (χ3n) is 2.90. The van der Waals surface area contributed by atoms with Gasteiger partial charge in [-0.1, -0.05) is 24.3 Å². The molecular weight excluding hydrogens is 270 g/mol. The zero-order chi connectivity index (χ0) is 15.2. The molecule has 0 aromatic heterocycles. The van der Waals surface area contributed by atoms with Crippen LogP contribution in [0, 0.1) is 17.0 Å². The normalized spacial score (nSPS) is 10.5. The molecule has 0 aliphatic heterocycles. The molecular formula is C15H13N3O3. The minimum absolute atomic E-state index is 0.0602. The fourth-order valence-electron chi connectivity index (χ4n) is 1.69. The minimum atomic E-state index is -0.516. The zero-order valence-corrected chi connectivity index (χ0v) is 11.3. The summed E-state index contributed by atoms with van der Waals surface area (Å²) in [5.41, 5.74) is 4.58. The smallest absolute Gasteiger partial charge is 0.267 e. The fraction of sp³-hybridized carbons (Fsp3) is 0.0667. The number of non-ortho nitro benzene ring substituents is 1. The molecule has 2 aromatic rings. The molecule has 1 N–H and O–H groups in total. The number of benzene rings is 2. The Morgan fingerprint density at radius 2 is 1.86 bits per heavy atom. The number of nitrogens with zero attached hydrogens (tertiary/aromatic N) is 2. The van der Waals surface area contributed by atoms with Crippen molar-refractivity contribution in [3.63, 3.8) is 0 Å². The number of amides is 1. The summed E-state index contributed by atoms with van der Waals surface area (Å²) in [5, 5.41) is 14.4. The van der Waals surface area contributed by atoms with Gasteiger partial charge in [-0.3, -0.25) is 14.9 Å². The van der Waals surface area contributed by atoms with Gasteiger partial charge in [0.1, 0.15) is 0 Å². The van der Waals surface area contributed by atoms with Crippen LogP contribution in [0.2, 0.25) is 0 Å². The number of rotatable bonds is 4. The van der Waals surface area contributed by atoms with E-state index >= 15 is 0 Å². The second-order valence-corrected chi connectivity index (χ2v) is 4.36. The van der Waals surface area contributed by atoms with Gasteiger partial charge in [0.15, 0.2) is 0 Å². The molecule has 0 bridgehead atoms. The first kappa shape index (κ1) is 14.4. The van der Waals surface area contributed by atoms with E-state index in [1.165, 1.54) is 24.3 Å². The summed E-state index contributed by atoms with van der Waals surface area (Å²) in [6.45, 7) is 1.94. The number of nitrogens with one attached hydrogen (secondary N) is 1. The maximum atomic E-state index is 11.8. The van der Waals surface area contributed by atoms with E-state index in [0.29, 0.717) is 5.56 Å². The molecule has 0 aliphatic rings. The first-order valence-corrected chi connectivity index (χ1v) is 6.21. The first-order chi connectivity index (χ1) is 10.1. The molecule has 0 radical (unpaired) electrons. The van der Waals surface area contributed by atoms with Crippen LogP contribution in [0.15, 0.2) is 53.6 Å². The summed E-state index contributed by atoms with van der Waals surface area (Å²) in [5.74, 6) is -0.422. The van der Waals surface area contributed by atoms with E-state index in [4.69, 9.17) is 0 Å². The Labute approximate surface area is 121 Å². The van der Waals surface area contributed by atoms with Gasteiger partial charge in [0, 0.05) is 17.7 Å². The zero-order valence-electron chi connectivity index (χ0n) is 11.3. The largest absolute Gasteiger partial charge is 0.271 e. The second kappa shape index (κ2) is 6.42. The van der Waals surface area contributed by atoms with Crippen molar-refractivity contribution >= 4 is 17.8 Å². The maximum absolute atomic E-state index is 11.8. The van der Waals surface area contributed by atoms with Gasteiger partial charge in [-0.05, 0) is 30.2 Å².